The number of fused-ring (bicyclic) bond motifs is 1. The van der Waals surface area contributed by atoms with Crippen LogP contribution in [0, 0.1) is 13.8 Å². The standard InChI is InChI=1S/C29H35ClN6O4S/c1-18-7-9-21(10-8-18)41(38,39)36-25(23-17-34(6)33-19(23)2)15-22-26(24(30)16-31-27(22)36)32-20-11-13-35(14-12-20)28(37)40-29(3,4)5/h7-10,15-17,20H,11-14H2,1-6H3,(H,31,32). The molecule has 218 valence electrons. The fraction of sp³-hybridized carbons (Fsp3) is 0.414. The highest BCUT2D eigenvalue weighted by Gasteiger charge is 2.30. The fourth-order valence-electron chi connectivity index (χ4n) is 5.08. The second kappa shape index (κ2) is 10.7. The van der Waals surface area contributed by atoms with Crippen LogP contribution >= 0.6 is 11.6 Å². The number of hydrogen-bond acceptors (Lipinski definition) is 7. The highest BCUT2D eigenvalue weighted by Crippen LogP contribution is 2.39. The lowest BCUT2D eigenvalue weighted by Crippen LogP contribution is -2.44. The van der Waals surface area contributed by atoms with E-state index in [-0.39, 0.29) is 22.7 Å². The van der Waals surface area contributed by atoms with Crippen molar-refractivity contribution in [2.24, 2.45) is 7.05 Å². The molecule has 1 amide bonds. The first-order chi connectivity index (χ1) is 19.2. The van der Waals surface area contributed by atoms with Crippen LogP contribution in [0.1, 0.15) is 44.9 Å². The summed E-state index contributed by atoms with van der Waals surface area (Å²) in [6.45, 7) is 10.4. The van der Waals surface area contributed by atoms with Gasteiger partial charge in [0.15, 0.2) is 5.65 Å². The molecule has 0 atom stereocenters. The van der Waals surface area contributed by atoms with Gasteiger partial charge in [0.25, 0.3) is 10.0 Å². The van der Waals surface area contributed by atoms with E-state index < -0.39 is 15.6 Å². The van der Waals surface area contributed by atoms with Crippen molar-refractivity contribution in [3.8, 4) is 11.3 Å². The Morgan fingerprint density at radius 1 is 1.12 bits per heavy atom. The summed E-state index contributed by atoms with van der Waals surface area (Å²) >= 11 is 6.68. The lowest BCUT2D eigenvalue weighted by Gasteiger charge is -2.34. The molecular formula is C29H35ClN6O4S. The number of hydrogen-bond donors (Lipinski definition) is 1. The Morgan fingerprint density at radius 3 is 2.37 bits per heavy atom. The van der Waals surface area contributed by atoms with E-state index in [0.29, 0.717) is 59.0 Å². The van der Waals surface area contributed by atoms with Crippen molar-refractivity contribution in [1.29, 1.82) is 0 Å². The molecule has 0 radical (unpaired) electrons. The van der Waals surface area contributed by atoms with Gasteiger partial charge in [0.1, 0.15) is 5.60 Å². The molecule has 0 aliphatic carbocycles. The Labute approximate surface area is 245 Å². The van der Waals surface area contributed by atoms with Gasteiger partial charge in [-0.25, -0.2) is 22.2 Å². The SMILES string of the molecule is Cc1ccc(S(=O)(=O)n2c(-c3cn(C)nc3C)cc3c(NC4CCN(C(=O)OC(C)(C)C)CC4)c(Cl)cnc32)cc1. The lowest BCUT2D eigenvalue weighted by molar-refractivity contribution is 0.0210. The van der Waals surface area contributed by atoms with Crippen LogP contribution in [0.15, 0.2) is 47.6 Å². The predicted octanol–water partition coefficient (Wildman–Crippen LogP) is 5.76. The molecule has 41 heavy (non-hydrogen) atoms. The quantitative estimate of drug-likeness (QED) is 0.311. The van der Waals surface area contributed by atoms with Crippen LogP contribution in [0.5, 0.6) is 0 Å². The maximum atomic E-state index is 14.1. The number of pyridine rings is 1. The van der Waals surface area contributed by atoms with Gasteiger partial charge in [-0.3, -0.25) is 4.68 Å². The number of carbonyl (C=O) groups excluding carboxylic acids is 1. The van der Waals surface area contributed by atoms with Gasteiger partial charge in [-0.1, -0.05) is 29.3 Å². The highest BCUT2D eigenvalue weighted by atomic mass is 35.5. The zero-order valence-corrected chi connectivity index (χ0v) is 25.7. The van der Waals surface area contributed by atoms with Crippen LogP contribution in [0.4, 0.5) is 10.5 Å². The fourth-order valence-corrected chi connectivity index (χ4v) is 6.76. The number of aromatic nitrogens is 4. The third kappa shape index (κ3) is 5.78. The van der Waals surface area contributed by atoms with Crippen LogP contribution in [0.2, 0.25) is 5.02 Å². The van der Waals surface area contributed by atoms with Crippen molar-refractivity contribution >= 4 is 44.4 Å². The number of anilines is 1. The van der Waals surface area contributed by atoms with E-state index in [1.807, 2.05) is 40.7 Å². The Balaban J connectivity index is 1.55. The van der Waals surface area contributed by atoms with Crippen LogP contribution in [-0.2, 0) is 21.8 Å². The topological polar surface area (TPSA) is 111 Å². The van der Waals surface area contributed by atoms with Gasteiger partial charge in [0, 0.05) is 43.3 Å². The molecule has 1 N–H and O–H groups in total. The number of halogens is 1. The lowest BCUT2D eigenvalue weighted by atomic mass is 10.0. The summed E-state index contributed by atoms with van der Waals surface area (Å²) in [6, 6.07) is 8.57. The Bertz CT molecular complexity index is 1710. The number of amides is 1. The molecule has 3 aromatic heterocycles. The molecule has 0 unspecified atom stereocenters. The number of aryl methyl sites for hydroxylation is 3. The first kappa shape index (κ1) is 28.9. The molecule has 10 nitrogen and oxygen atoms in total. The summed E-state index contributed by atoms with van der Waals surface area (Å²) in [5.41, 5.74) is 3.08. The van der Waals surface area contributed by atoms with E-state index in [0.717, 1.165) is 5.56 Å². The van der Waals surface area contributed by atoms with Crippen molar-refractivity contribution < 1.29 is 17.9 Å². The first-order valence-corrected chi connectivity index (χ1v) is 15.3. The molecule has 0 spiro atoms. The molecule has 0 bridgehead atoms. The van der Waals surface area contributed by atoms with Crippen molar-refractivity contribution in [2.75, 3.05) is 18.4 Å². The number of piperidine rings is 1. The third-order valence-corrected chi connectivity index (χ3v) is 9.09. The molecule has 5 rings (SSSR count). The number of nitrogens with zero attached hydrogens (tertiary/aromatic N) is 5. The predicted molar refractivity (Wildman–Crippen MR) is 160 cm³/mol. The van der Waals surface area contributed by atoms with Gasteiger partial charge in [0.05, 0.1) is 33.2 Å². The minimum Gasteiger partial charge on any atom is -0.444 e. The molecule has 1 aromatic carbocycles. The van der Waals surface area contributed by atoms with E-state index in [1.54, 1.807) is 47.1 Å². The number of benzene rings is 1. The van der Waals surface area contributed by atoms with E-state index in [4.69, 9.17) is 16.3 Å². The number of carbonyl (C=O) groups is 1. The summed E-state index contributed by atoms with van der Waals surface area (Å²) in [5.74, 6) is 0. The molecule has 4 aromatic rings. The van der Waals surface area contributed by atoms with Gasteiger partial charge in [-0.2, -0.15) is 5.10 Å². The van der Waals surface area contributed by atoms with Crippen LogP contribution in [-0.4, -0.2) is 62.9 Å². The molecule has 1 aliphatic heterocycles. The van der Waals surface area contributed by atoms with E-state index >= 15 is 0 Å². The van der Waals surface area contributed by atoms with Crippen LogP contribution in [0.25, 0.3) is 22.3 Å². The van der Waals surface area contributed by atoms with Crippen LogP contribution < -0.4 is 5.32 Å². The van der Waals surface area contributed by atoms with Gasteiger partial charge >= 0.3 is 6.09 Å². The second-order valence-electron chi connectivity index (χ2n) is 11.5. The first-order valence-electron chi connectivity index (χ1n) is 13.5. The Morgan fingerprint density at radius 2 is 1.78 bits per heavy atom. The summed E-state index contributed by atoms with van der Waals surface area (Å²) in [4.78, 5) is 18.9. The summed E-state index contributed by atoms with van der Waals surface area (Å²) in [5, 5.41) is 8.94. The monoisotopic (exact) mass is 598 g/mol. The van der Waals surface area contributed by atoms with Crippen molar-refractivity contribution in [1.82, 2.24) is 23.6 Å². The molecule has 12 heteroatoms. The molecule has 1 aliphatic rings. The molecule has 1 saturated heterocycles. The number of rotatable bonds is 5. The third-order valence-electron chi connectivity index (χ3n) is 7.09. The maximum absolute atomic E-state index is 14.1. The molecule has 1 fully saturated rings. The Hall–Kier alpha value is -3.57. The smallest absolute Gasteiger partial charge is 0.410 e. The van der Waals surface area contributed by atoms with E-state index in [2.05, 4.69) is 15.4 Å². The summed E-state index contributed by atoms with van der Waals surface area (Å²) in [7, 11) is -2.24. The van der Waals surface area contributed by atoms with E-state index in [1.165, 1.54) is 10.2 Å². The van der Waals surface area contributed by atoms with E-state index in [9.17, 15) is 13.2 Å². The normalized spacial score (nSPS) is 15.0. The van der Waals surface area contributed by atoms with Crippen molar-refractivity contribution in [3.63, 3.8) is 0 Å². The minimum atomic E-state index is -4.03. The van der Waals surface area contributed by atoms with Crippen molar-refractivity contribution in [2.45, 2.75) is 64.0 Å². The van der Waals surface area contributed by atoms with Crippen molar-refractivity contribution in [3.05, 3.63) is 59.0 Å². The number of nitrogens with one attached hydrogen (secondary N) is 1. The molecule has 4 heterocycles. The zero-order chi connectivity index (χ0) is 29.7. The number of likely N-dealkylation sites (tertiary alicyclic amines) is 1. The average molecular weight is 599 g/mol. The van der Waals surface area contributed by atoms with Gasteiger partial charge < -0.3 is 15.0 Å². The summed E-state index contributed by atoms with van der Waals surface area (Å²) < 4.78 is 36.7. The number of ether oxygens (including phenoxy) is 1. The largest absolute Gasteiger partial charge is 0.444 e. The van der Waals surface area contributed by atoms with Gasteiger partial charge in [0.2, 0.25) is 0 Å². The summed E-state index contributed by atoms with van der Waals surface area (Å²) in [6.07, 6.45) is 4.30. The van der Waals surface area contributed by atoms with Crippen LogP contribution in [0.3, 0.4) is 0 Å². The Kier molecular flexibility index (Phi) is 7.54. The second-order valence-corrected chi connectivity index (χ2v) is 13.7. The average Bonchev–Trinajstić information content (AvgIpc) is 3.44. The molecule has 0 saturated carbocycles. The van der Waals surface area contributed by atoms with Gasteiger partial charge in [-0.15, -0.1) is 0 Å². The maximum Gasteiger partial charge on any atom is 0.410 e. The highest BCUT2D eigenvalue weighted by molar-refractivity contribution is 7.90. The minimum absolute atomic E-state index is 0.0115. The zero-order valence-electron chi connectivity index (χ0n) is 24.1. The molecular weight excluding hydrogens is 564 g/mol. The van der Waals surface area contributed by atoms with Gasteiger partial charge in [-0.05, 0) is 65.7 Å².